The van der Waals surface area contributed by atoms with Crippen LogP contribution in [0.5, 0.6) is 0 Å². The summed E-state index contributed by atoms with van der Waals surface area (Å²) < 4.78 is 0. The van der Waals surface area contributed by atoms with E-state index in [0.29, 0.717) is 24.7 Å². The third-order valence-electron chi connectivity index (χ3n) is 2.31. The van der Waals surface area contributed by atoms with Gasteiger partial charge in [0, 0.05) is 19.2 Å². The fourth-order valence-electron chi connectivity index (χ4n) is 1.48. The van der Waals surface area contributed by atoms with Crippen molar-refractivity contribution in [2.24, 2.45) is 0 Å². The van der Waals surface area contributed by atoms with E-state index in [0.717, 1.165) is 0 Å². The molecule has 0 aliphatic carbocycles. The SMILES string of the molecule is Cc1nc(N(CCN(C)C)CC(=O)O)cc(=O)[nH]1. The lowest BCUT2D eigenvalue weighted by Gasteiger charge is -2.23. The molecule has 0 spiro atoms. The Balaban J connectivity index is 2.93. The van der Waals surface area contributed by atoms with Crippen LogP contribution in [0.2, 0.25) is 0 Å². The summed E-state index contributed by atoms with van der Waals surface area (Å²) >= 11 is 0. The molecule has 0 saturated carbocycles. The van der Waals surface area contributed by atoms with Crippen molar-refractivity contribution >= 4 is 11.8 Å². The van der Waals surface area contributed by atoms with E-state index in [9.17, 15) is 9.59 Å². The number of aliphatic carboxylic acids is 1. The number of likely N-dealkylation sites (N-methyl/N-ethyl adjacent to an activating group) is 1. The number of H-pyrrole nitrogens is 1. The number of carboxylic acid groups (broad SMARTS) is 1. The van der Waals surface area contributed by atoms with E-state index in [4.69, 9.17) is 5.11 Å². The predicted molar refractivity (Wildman–Crippen MR) is 68.0 cm³/mol. The van der Waals surface area contributed by atoms with E-state index in [1.807, 2.05) is 19.0 Å². The number of rotatable bonds is 6. The maximum atomic E-state index is 11.4. The van der Waals surface area contributed by atoms with Gasteiger partial charge in [0.15, 0.2) is 0 Å². The van der Waals surface area contributed by atoms with Crippen LogP contribution in [-0.4, -0.2) is 59.7 Å². The first kappa shape index (κ1) is 14.2. The summed E-state index contributed by atoms with van der Waals surface area (Å²) in [4.78, 5) is 32.4. The van der Waals surface area contributed by atoms with Crippen molar-refractivity contribution in [3.8, 4) is 0 Å². The third kappa shape index (κ3) is 4.54. The van der Waals surface area contributed by atoms with Gasteiger partial charge in [-0.05, 0) is 21.0 Å². The van der Waals surface area contributed by atoms with Gasteiger partial charge >= 0.3 is 5.97 Å². The van der Waals surface area contributed by atoms with Gasteiger partial charge in [-0.3, -0.25) is 9.59 Å². The maximum absolute atomic E-state index is 11.4. The molecule has 0 unspecified atom stereocenters. The van der Waals surface area contributed by atoms with Crippen molar-refractivity contribution in [3.63, 3.8) is 0 Å². The van der Waals surface area contributed by atoms with Crippen LogP contribution in [0.1, 0.15) is 5.82 Å². The molecule has 1 aromatic heterocycles. The summed E-state index contributed by atoms with van der Waals surface area (Å²) in [6.45, 7) is 2.66. The quantitative estimate of drug-likeness (QED) is 0.713. The number of aryl methyl sites for hydroxylation is 1. The number of nitrogens with zero attached hydrogens (tertiary/aromatic N) is 3. The molecule has 1 rings (SSSR count). The second-order valence-corrected chi connectivity index (χ2v) is 4.31. The van der Waals surface area contributed by atoms with Gasteiger partial charge < -0.3 is 19.9 Å². The number of aromatic amines is 1. The van der Waals surface area contributed by atoms with Crippen LogP contribution in [0.15, 0.2) is 10.9 Å². The van der Waals surface area contributed by atoms with E-state index in [-0.39, 0.29) is 12.1 Å². The first-order chi connectivity index (χ1) is 8.38. The van der Waals surface area contributed by atoms with E-state index < -0.39 is 5.97 Å². The van der Waals surface area contributed by atoms with Gasteiger partial charge in [0.25, 0.3) is 5.56 Å². The lowest BCUT2D eigenvalue weighted by atomic mass is 10.4. The second-order valence-electron chi connectivity index (χ2n) is 4.31. The topological polar surface area (TPSA) is 89.5 Å². The summed E-state index contributed by atoms with van der Waals surface area (Å²) in [7, 11) is 3.80. The highest BCUT2D eigenvalue weighted by Crippen LogP contribution is 2.07. The van der Waals surface area contributed by atoms with Gasteiger partial charge in [-0.15, -0.1) is 0 Å². The average molecular weight is 254 g/mol. The highest BCUT2D eigenvalue weighted by Gasteiger charge is 2.13. The smallest absolute Gasteiger partial charge is 0.323 e. The normalized spacial score (nSPS) is 10.7. The Morgan fingerprint density at radius 3 is 2.61 bits per heavy atom. The third-order valence-corrected chi connectivity index (χ3v) is 2.31. The number of carboxylic acids is 1. The Morgan fingerprint density at radius 2 is 2.11 bits per heavy atom. The first-order valence-corrected chi connectivity index (χ1v) is 5.58. The Labute approximate surface area is 105 Å². The number of nitrogens with one attached hydrogen (secondary N) is 1. The van der Waals surface area contributed by atoms with Gasteiger partial charge in [0.1, 0.15) is 18.2 Å². The Morgan fingerprint density at radius 1 is 1.44 bits per heavy atom. The molecule has 0 saturated heterocycles. The monoisotopic (exact) mass is 254 g/mol. The molecule has 7 heteroatoms. The molecule has 0 fully saturated rings. The maximum Gasteiger partial charge on any atom is 0.323 e. The largest absolute Gasteiger partial charge is 0.480 e. The number of hydrogen-bond acceptors (Lipinski definition) is 5. The molecule has 0 atom stereocenters. The van der Waals surface area contributed by atoms with Crippen LogP contribution in [-0.2, 0) is 4.79 Å². The standard InChI is InChI=1S/C11H18N4O3/c1-8-12-9(6-10(16)13-8)15(7-11(17)18)5-4-14(2)3/h6H,4-5,7H2,1-3H3,(H,17,18)(H,12,13,16). The summed E-state index contributed by atoms with van der Waals surface area (Å²) in [6.07, 6.45) is 0. The van der Waals surface area contributed by atoms with E-state index >= 15 is 0 Å². The number of carbonyl (C=O) groups is 1. The van der Waals surface area contributed by atoms with Crippen molar-refractivity contribution in [3.05, 3.63) is 22.2 Å². The summed E-state index contributed by atoms with van der Waals surface area (Å²) in [6, 6.07) is 1.31. The number of aromatic nitrogens is 2. The van der Waals surface area contributed by atoms with Crippen LogP contribution in [0.3, 0.4) is 0 Å². The second kappa shape index (κ2) is 6.15. The van der Waals surface area contributed by atoms with Gasteiger partial charge in [-0.2, -0.15) is 0 Å². The minimum absolute atomic E-state index is 0.177. The Bertz CT molecular complexity index is 470. The molecule has 0 radical (unpaired) electrons. The molecule has 0 aliphatic heterocycles. The molecule has 2 N–H and O–H groups in total. The molecular formula is C11H18N4O3. The van der Waals surface area contributed by atoms with Gasteiger partial charge in [0.2, 0.25) is 0 Å². The first-order valence-electron chi connectivity index (χ1n) is 5.58. The van der Waals surface area contributed by atoms with Crippen molar-refractivity contribution in [1.29, 1.82) is 0 Å². The molecule has 0 amide bonds. The number of anilines is 1. The zero-order chi connectivity index (χ0) is 13.7. The van der Waals surface area contributed by atoms with Crippen LogP contribution in [0.4, 0.5) is 5.82 Å². The van der Waals surface area contributed by atoms with Crippen LogP contribution >= 0.6 is 0 Å². The molecular weight excluding hydrogens is 236 g/mol. The zero-order valence-electron chi connectivity index (χ0n) is 10.8. The summed E-state index contributed by atoms with van der Waals surface area (Å²) in [5, 5.41) is 8.88. The molecule has 7 nitrogen and oxygen atoms in total. The Kier molecular flexibility index (Phi) is 4.85. The average Bonchev–Trinajstić information content (AvgIpc) is 2.22. The Hall–Kier alpha value is -1.89. The molecule has 0 aromatic carbocycles. The van der Waals surface area contributed by atoms with Crippen molar-refractivity contribution in [2.75, 3.05) is 38.6 Å². The summed E-state index contributed by atoms with van der Waals surface area (Å²) in [5.41, 5.74) is -0.280. The molecule has 18 heavy (non-hydrogen) atoms. The fraction of sp³-hybridized carbons (Fsp3) is 0.545. The van der Waals surface area contributed by atoms with Crippen LogP contribution in [0, 0.1) is 6.92 Å². The van der Waals surface area contributed by atoms with Gasteiger partial charge in [0.05, 0.1) is 0 Å². The fourth-order valence-corrected chi connectivity index (χ4v) is 1.48. The van der Waals surface area contributed by atoms with Crippen LogP contribution < -0.4 is 10.5 Å². The minimum Gasteiger partial charge on any atom is -0.480 e. The highest BCUT2D eigenvalue weighted by atomic mass is 16.4. The predicted octanol–water partition coefficient (Wildman–Crippen LogP) is -0.469. The zero-order valence-corrected chi connectivity index (χ0v) is 10.8. The lowest BCUT2D eigenvalue weighted by Crippen LogP contribution is -2.37. The van der Waals surface area contributed by atoms with Gasteiger partial charge in [-0.1, -0.05) is 0 Å². The minimum atomic E-state index is -0.950. The van der Waals surface area contributed by atoms with Gasteiger partial charge in [-0.25, -0.2) is 4.98 Å². The number of hydrogen-bond donors (Lipinski definition) is 2. The van der Waals surface area contributed by atoms with Crippen LogP contribution in [0.25, 0.3) is 0 Å². The lowest BCUT2D eigenvalue weighted by molar-refractivity contribution is -0.135. The molecule has 0 aliphatic rings. The van der Waals surface area contributed by atoms with E-state index in [1.54, 1.807) is 11.8 Å². The molecule has 0 bridgehead atoms. The van der Waals surface area contributed by atoms with Crippen molar-refractivity contribution in [2.45, 2.75) is 6.92 Å². The van der Waals surface area contributed by atoms with E-state index in [2.05, 4.69) is 9.97 Å². The summed E-state index contributed by atoms with van der Waals surface area (Å²) in [5.74, 6) is -0.0910. The molecule has 1 heterocycles. The van der Waals surface area contributed by atoms with Crippen molar-refractivity contribution in [1.82, 2.24) is 14.9 Å². The van der Waals surface area contributed by atoms with Crippen molar-refractivity contribution < 1.29 is 9.90 Å². The van der Waals surface area contributed by atoms with E-state index in [1.165, 1.54) is 6.07 Å². The molecule has 1 aromatic rings. The highest BCUT2D eigenvalue weighted by molar-refractivity contribution is 5.73. The molecule has 100 valence electrons.